The number of nitrogens with zero attached hydrogens (tertiary/aromatic N) is 1. The van der Waals surface area contributed by atoms with E-state index in [0.717, 1.165) is 16.8 Å². The number of aromatic nitrogens is 1. The van der Waals surface area contributed by atoms with E-state index in [1.165, 1.54) is 6.20 Å². The molecule has 3 aromatic rings. The molecule has 0 bridgehead atoms. The number of benzene rings is 2. The molecule has 0 unspecified atom stereocenters. The second-order valence-corrected chi connectivity index (χ2v) is 6.52. The first kappa shape index (κ1) is 19.4. The van der Waals surface area contributed by atoms with Gasteiger partial charge in [-0.15, -0.1) is 0 Å². The first-order valence-electron chi connectivity index (χ1n) is 9.10. The first-order valence-corrected chi connectivity index (χ1v) is 9.10. The van der Waals surface area contributed by atoms with Crippen LogP contribution in [-0.4, -0.2) is 30.5 Å². The van der Waals surface area contributed by atoms with E-state index >= 15 is 0 Å². The van der Waals surface area contributed by atoms with Gasteiger partial charge in [-0.05, 0) is 50.6 Å². The van der Waals surface area contributed by atoms with Gasteiger partial charge in [0.15, 0.2) is 0 Å². The molecule has 2 aromatic carbocycles. The van der Waals surface area contributed by atoms with Crippen molar-refractivity contribution in [2.45, 2.75) is 20.8 Å². The molecule has 0 aliphatic carbocycles. The second kappa shape index (κ2) is 8.08. The molecule has 0 saturated heterocycles. The maximum absolute atomic E-state index is 12.5. The third-order valence-electron chi connectivity index (χ3n) is 4.49. The Kier molecular flexibility index (Phi) is 5.59. The van der Waals surface area contributed by atoms with Crippen LogP contribution in [0.4, 0.5) is 11.4 Å². The number of pyridine rings is 1. The Morgan fingerprint density at radius 1 is 1.11 bits per heavy atom. The lowest BCUT2D eigenvalue weighted by Crippen LogP contribution is -2.17. The van der Waals surface area contributed by atoms with Gasteiger partial charge in [-0.1, -0.05) is 17.7 Å². The number of carbonyl (C=O) groups excluding carboxylic acids is 2. The molecule has 1 heterocycles. The maximum atomic E-state index is 12.5. The minimum atomic E-state index is -0.463. The van der Waals surface area contributed by atoms with E-state index in [0.29, 0.717) is 27.7 Å². The third-order valence-corrected chi connectivity index (χ3v) is 4.49. The van der Waals surface area contributed by atoms with Crippen molar-refractivity contribution in [2.24, 2.45) is 0 Å². The molecule has 0 spiro atoms. The van der Waals surface area contributed by atoms with Crippen LogP contribution in [0.25, 0.3) is 10.9 Å². The number of anilines is 2. The predicted molar refractivity (Wildman–Crippen MR) is 110 cm³/mol. The number of hydrogen-bond acceptors (Lipinski definition) is 5. The van der Waals surface area contributed by atoms with Gasteiger partial charge in [0.2, 0.25) is 0 Å². The fourth-order valence-corrected chi connectivity index (χ4v) is 3.06. The van der Waals surface area contributed by atoms with Crippen molar-refractivity contribution in [1.82, 2.24) is 10.3 Å². The topological polar surface area (TPSA) is 80.3 Å². The minimum Gasteiger partial charge on any atom is -0.462 e. The molecule has 0 fully saturated rings. The van der Waals surface area contributed by atoms with E-state index < -0.39 is 5.97 Å². The second-order valence-electron chi connectivity index (χ2n) is 6.52. The first-order chi connectivity index (χ1) is 13.4. The highest BCUT2D eigenvalue weighted by Crippen LogP contribution is 2.32. The number of amides is 1. The summed E-state index contributed by atoms with van der Waals surface area (Å²) in [7, 11) is 1.58. The highest BCUT2D eigenvalue weighted by molar-refractivity contribution is 6.08. The average molecular weight is 377 g/mol. The lowest BCUT2D eigenvalue weighted by Gasteiger charge is -2.16. The molecule has 0 aliphatic rings. The number of ether oxygens (including phenoxy) is 1. The fraction of sp³-hybridized carbons (Fsp3) is 0.227. The summed E-state index contributed by atoms with van der Waals surface area (Å²) in [5, 5.41) is 6.65. The van der Waals surface area contributed by atoms with E-state index in [1.54, 1.807) is 32.2 Å². The van der Waals surface area contributed by atoms with Gasteiger partial charge in [-0.2, -0.15) is 0 Å². The highest BCUT2D eigenvalue weighted by atomic mass is 16.5. The number of nitrogens with one attached hydrogen (secondary N) is 2. The number of aryl methyl sites for hydroxylation is 2. The van der Waals surface area contributed by atoms with E-state index in [4.69, 9.17) is 4.74 Å². The average Bonchev–Trinajstić information content (AvgIpc) is 2.69. The number of fused-ring (bicyclic) bond motifs is 1. The lowest BCUT2D eigenvalue weighted by molar-refractivity contribution is 0.0527. The van der Waals surface area contributed by atoms with Crippen molar-refractivity contribution >= 4 is 34.2 Å². The van der Waals surface area contributed by atoms with Gasteiger partial charge < -0.3 is 15.4 Å². The fourth-order valence-electron chi connectivity index (χ4n) is 3.06. The van der Waals surface area contributed by atoms with E-state index in [1.807, 2.05) is 26.0 Å². The van der Waals surface area contributed by atoms with Gasteiger partial charge >= 0.3 is 5.97 Å². The van der Waals surface area contributed by atoms with Crippen LogP contribution >= 0.6 is 0 Å². The smallest absolute Gasteiger partial charge is 0.341 e. The summed E-state index contributed by atoms with van der Waals surface area (Å²) in [6.45, 7) is 6.04. The predicted octanol–water partition coefficient (Wildman–Crippen LogP) is 4.13. The molecule has 1 aromatic heterocycles. The van der Waals surface area contributed by atoms with Crippen molar-refractivity contribution in [2.75, 3.05) is 19.0 Å². The Labute approximate surface area is 163 Å². The Hall–Kier alpha value is -3.41. The molecular formula is C22H23N3O3. The summed E-state index contributed by atoms with van der Waals surface area (Å²) < 4.78 is 5.21. The van der Waals surface area contributed by atoms with Gasteiger partial charge in [-0.3, -0.25) is 9.78 Å². The Morgan fingerprint density at radius 2 is 1.89 bits per heavy atom. The van der Waals surface area contributed by atoms with Crippen molar-refractivity contribution in [3.05, 3.63) is 64.8 Å². The SMILES string of the molecule is CCOC(=O)c1cnc2ccc(C(=O)NC)cc2c1Nc1ccc(C)cc1C. The monoisotopic (exact) mass is 377 g/mol. The molecular weight excluding hydrogens is 354 g/mol. The highest BCUT2D eigenvalue weighted by Gasteiger charge is 2.18. The molecule has 144 valence electrons. The van der Waals surface area contributed by atoms with Crippen LogP contribution in [0, 0.1) is 13.8 Å². The van der Waals surface area contributed by atoms with Crippen molar-refractivity contribution in [3.8, 4) is 0 Å². The van der Waals surface area contributed by atoms with Crippen LogP contribution in [0.5, 0.6) is 0 Å². The van der Waals surface area contributed by atoms with Crippen molar-refractivity contribution in [3.63, 3.8) is 0 Å². The normalized spacial score (nSPS) is 10.6. The molecule has 0 radical (unpaired) electrons. The van der Waals surface area contributed by atoms with Gasteiger partial charge in [-0.25, -0.2) is 4.79 Å². The van der Waals surface area contributed by atoms with E-state index in [9.17, 15) is 9.59 Å². The Balaban J connectivity index is 2.22. The Morgan fingerprint density at radius 3 is 2.57 bits per heavy atom. The molecule has 1 amide bonds. The van der Waals surface area contributed by atoms with Crippen LogP contribution in [0.1, 0.15) is 38.8 Å². The number of hydrogen-bond donors (Lipinski definition) is 2. The van der Waals surface area contributed by atoms with Crippen molar-refractivity contribution in [1.29, 1.82) is 0 Å². The minimum absolute atomic E-state index is 0.207. The van der Waals surface area contributed by atoms with Gasteiger partial charge in [0, 0.05) is 29.9 Å². The van der Waals surface area contributed by atoms with Crippen LogP contribution in [0.15, 0.2) is 42.6 Å². The molecule has 0 aliphatic heterocycles. The maximum Gasteiger partial charge on any atom is 0.341 e. The summed E-state index contributed by atoms with van der Waals surface area (Å²) in [6.07, 6.45) is 1.51. The number of carbonyl (C=O) groups is 2. The number of rotatable bonds is 5. The summed E-state index contributed by atoms with van der Waals surface area (Å²) >= 11 is 0. The van der Waals surface area contributed by atoms with Gasteiger partial charge in [0.1, 0.15) is 5.56 Å². The molecule has 0 atom stereocenters. The molecule has 6 nitrogen and oxygen atoms in total. The third kappa shape index (κ3) is 3.81. The molecule has 0 saturated carbocycles. The van der Waals surface area contributed by atoms with Crippen LogP contribution in [0.3, 0.4) is 0 Å². The molecule has 2 N–H and O–H groups in total. The quantitative estimate of drug-likeness (QED) is 0.654. The molecule has 6 heteroatoms. The zero-order chi connectivity index (χ0) is 20.3. The van der Waals surface area contributed by atoms with Gasteiger partial charge in [0.25, 0.3) is 5.91 Å². The zero-order valence-electron chi connectivity index (χ0n) is 16.4. The number of esters is 1. The van der Waals surface area contributed by atoms with Crippen LogP contribution < -0.4 is 10.6 Å². The van der Waals surface area contributed by atoms with E-state index in [2.05, 4.69) is 21.7 Å². The Bertz CT molecular complexity index is 1060. The van der Waals surface area contributed by atoms with Crippen LogP contribution in [0.2, 0.25) is 0 Å². The summed E-state index contributed by atoms with van der Waals surface area (Å²) in [6, 6.07) is 11.2. The lowest BCUT2D eigenvalue weighted by atomic mass is 10.0. The standard InChI is InChI=1S/C22H23N3O3/c1-5-28-22(27)17-12-24-19-9-7-15(21(26)23-4)11-16(19)20(17)25-18-8-6-13(2)10-14(18)3/h6-12H,5H2,1-4H3,(H,23,26)(H,24,25). The summed E-state index contributed by atoms with van der Waals surface area (Å²) in [5.74, 6) is -0.671. The molecule has 3 rings (SSSR count). The van der Waals surface area contributed by atoms with Crippen molar-refractivity contribution < 1.29 is 14.3 Å². The summed E-state index contributed by atoms with van der Waals surface area (Å²) in [5.41, 5.74) is 5.12. The van der Waals surface area contributed by atoms with E-state index in [-0.39, 0.29) is 12.5 Å². The van der Waals surface area contributed by atoms with Gasteiger partial charge in [0.05, 0.1) is 17.8 Å². The molecule has 28 heavy (non-hydrogen) atoms. The largest absolute Gasteiger partial charge is 0.462 e. The summed E-state index contributed by atoms with van der Waals surface area (Å²) in [4.78, 5) is 29.0. The van der Waals surface area contributed by atoms with Crippen LogP contribution in [-0.2, 0) is 4.74 Å². The zero-order valence-corrected chi connectivity index (χ0v) is 16.4.